The van der Waals surface area contributed by atoms with Crippen molar-refractivity contribution in [2.24, 2.45) is 5.41 Å². The predicted octanol–water partition coefficient (Wildman–Crippen LogP) is 3.12. The van der Waals surface area contributed by atoms with Crippen LogP contribution in [0.25, 0.3) is 11.3 Å². The topological polar surface area (TPSA) is 108 Å². The number of aromatic amines is 1. The van der Waals surface area contributed by atoms with E-state index in [0.29, 0.717) is 24.4 Å². The van der Waals surface area contributed by atoms with Gasteiger partial charge >= 0.3 is 6.09 Å². The molecule has 4 rings (SSSR count). The average molecular weight is 510 g/mol. The smallest absolute Gasteiger partial charge is 0.407 e. The number of hydrogen-bond acceptors (Lipinski definition) is 4. The van der Waals surface area contributed by atoms with Gasteiger partial charge in [-0.05, 0) is 40.5 Å². The number of likely N-dealkylation sites (tertiary alicyclic amines) is 1. The molecule has 0 bridgehead atoms. The number of carboxylic acid groups (broad SMARTS) is 1. The van der Waals surface area contributed by atoms with E-state index >= 15 is 0 Å². The lowest BCUT2D eigenvalue weighted by atomic mass is 9.91. The summed E-state index contributed by atoms with van der Waals surface area (Å²) in [6, 6.07) is 1.64. The summed E-state index contributed by atoms with van der Waals surface area (Å²) in [7, 11) is 0. The van der Waals surface area contributed by atoms with Crippen molar-refractivity contribution in [3.8, 4) is 17.0 Å². The van der Waals surface area contributed by atoms with Crippen LogP contribution in [0.1, 0.15) is 36.3 Å². The third kappa shape index (κ3) is 3.79. The lowest BCUT2D eigenvalue weighted by Gasteiger charge is -2.22. The molecule has 2 aromatic rings. The molecular weight excluding hydrogens is 487 g/mol. The Morgan fingerprint density at radius 3 is 3.00 bits per heavy atom. The average Bonchev–Trinajstić information content (AvgIpc) is 3.17. The van der Waals surface area contributed by atoms with Crippen LogP contribution in [-0.2, 0) is 6.42 Å². The van der Waals surface area contributed by atoms with Gasteiger partial charge in [0, 0.05) is 37.0 Å². The molecule has 29 heavy (non-hydrogen) atoms. The van der Waals surface area contributed by atoms with Crippen LogP contribution in [0.2, 0.25) is 0 Å². The second kappa shape index (κ2) is 7.51. The second-order valence-electron chi connectivity index (χ2n) is 8.29. The van der Waals surface area contributed by atoms with Crippen LogP contribution in [0, 0.1) is 8.99 Å². The lowest BCUT2D eigenvalue weighted by molar-refractivity contribution is 0.0945. The number of fused-ring (bicyclic) bond motifs is 1. The van der Waals surface area contributed by atoms with Gasteiger partial charge in [-0.2, -0.15) is 0 Å². The van der Waals surface area contributed by atoms with Gasteiger partial charge in [-0.3, -0.25) is 9.78 Å². The number of carbonyl (C=O) groups excluding carboxylic acids is 1. The second-order valence-corrected chi connectivity index (χ2v) is 9.37. The zero-order valence-electron chi connectivity index (χ0n) is 16.3. The number of nitrogens with zero attached hydrogens (tertiary/aromatic N) is 2. The van der Waals surface area contributed by atoms with Crippen molar-refractivity contribution in [1.29, 1.82) is 0 Å². The first-order valence-electron chi connectivity index (χ1n) is 9.52. The van der Waals surface area contributed by atoms with Gasteiger partial charge in [-0.15, -0.1) is 0 Å². The molecule has 9 heteroatoms. The van der Waals surface area contributed by atoms with Crippen LogP contribution >= 0.6 is 22.6 Å². The lowest BCUT2D eigenvalue weighted by Crippen LogP contribution is -2.38. The van der Waals surface area contributed by atoms with Crippen molar-refractivity contribution in [2.45, 2.75) is 32.7 Å². The van der Waals surface area contributed by atoms with Crippen LogP contribution < -0.4 is 10.1 Å². The Hall–Kier alpha value is -2.30. The molecule has 1 saturated heterocycles. The minimum atomic E-state index is -0.923. The predicted molar refractivity (Wildman–Crippen MR) is 115 cm³/mol. The number of ether oxygens (including phenoxy) is 1. The van der Waals surface area contributed by atoms with E-state index in [0.717, 1.165) is 33.4 Å². The van der Waals surface area contributed by atoms with E-state index in [4.69, 9.17) is 4.74 Å². The molecule has 3 N–H and O–H groups in total. The molecule has 0 saturated carbocycles. The van der Waals surface area contributed by atoms with Crippen LogP contribution in [0.3, 0.4) is 0 Å². The summed E-state index contributed by atoms with van der Waals surface area (Å²) in [4.78, 5) is 32.9. The molecule has 8 nitrogen and oxygen atoms in total. The summed E-state index contributed by atoms with van der Waals surface area (Å²) in [6.07, 6.45) is 3.89. The summed E-state index contributed by atoms with van der Waals surface area (Å²) in [6.45, 7) is 5.49. The number of pyridine rings is 1. The monoisotopic (exact) mass is 510 g/mol. The standard InChI is InChI=1S/C20H23IN4O4/c1-20(2)7-11(25(10-20)19(27)28)9-29-14-8-22-5-3-12(14)17-16(21)15-13(24-17)4-6-23-18(15)26/h3,5,8,11,24H,4,6-7,9-10H2,1-2H3,(H,23,26)(H,27,28)/t11-/m0/s1. The van der Waals surface area contributed by atoms with Crippen molar-refractivity contribution in [3.05, 3.63) is 33.3 Å². The molecule has 0 unspecified atom stereocenters. The zero-order valence-corrected chi connectivity index (χ0v) is 18.4. The molecule has 2 aromatic heterocycles. The Balaban J connectivity index is 1.60. The van der Waals surface area contributed by atoms with Crippen molar-refractivity contribution in [2.75, 3.05) is 19.7 Å². The van der Waals surface area contributed by atoms with Gasteiger partial charge in [-0.1, -0.05) is 13.8 Å². The van der Waals surface area contributed by atoms with Crippen LogP contribution in [0.5, 0.6) is 5.75 Å². The van der Waals surface area contributed by atoms with Crippen molar-refractivity contribution in [3.63, 3.8) is 0 Å². The highest BCUT2D eigenvalue weighted by atomic mass is 127. The fourth-order valence-electron chi connectivity index (χ4n) is 4.19. The Morgan fingerprint density at radius 1 is 1.48 bits per heavy atom. The summed E-state index contributed by atoms with van der Waals surface area (Å²) in [5.74, 6) is 0.499. The minimum Gasteiger partial charge on any atom is -0.489 e. The largest absolute Gasteiger partial charge is 0.489 e. The van der Waals surface area contributed by atoms with Crippen molar-refractivity contribution in [1.82, 2.24) is 20.2 Å². The van der Waals surface area contributed by atoms with Gasteiger partial charge < -0.3 is 25.0 Å². The fourth-order valence-corrected chi connectivity index (χ4v) is 5.18. The molecule has 0 radical (unpaired) electrons. The molecule has 1 atom stereocenters. The Labute approximate surface area is 182 Å². The van der Waals surface area contributed by atoms with E-state index in [1.54, 1.807) is 12.4 Å². The normalized spacial score (nSPS) is 20.3. The number of nitrogens with one attached hydrogen (secondary N) is 2. The minimum absolute atomic E-state index is 0.0695. The number of H-pyrrole nitrogens is 1. The molecular formula is C20H23IN4O4. The van der Waals surface area contributed by atoms with E-state index in [9.17, 15) is 14.7 Å². The highest BCUT2D eigenvalue weighted by molar-refractivity contribution is 14.1. The highest BCUT2D eigenvalue weighted by Gasteiger charge is 2.40. The maximum absolute atomic E-state index is 12.3. The number of amides is 2. The SMILES string of the molecule is CC1(C)C[C@@H](COc2cnccc2-c2[nH]c3c(c2I)C(=O)NCC3)N(C(=O)O)C1. The Morgan fingerprint density at radius 2 is 2.28 bits per heavy atom. The Bertz CT molecular complexity index is 971. The molecule has 4 heterocycles. The first-order chi connectivity index (χ1) is 13.8. The molecule has 2 amide bonds. The van der Waals surface area contributed by atoms with Gasteiger partial charge in [0.05, 0.1) is 27.1 Å². The van der Waals surface area contributed by atoms with Gasteiger partial charge in [0.2, 0.25) is 0 Å². The van der Waals surface area contributed by atoms with Crippen LogP contribution in [-0.4, -0.2) is 57.7 Å². The maximum Gasteiger partial charge on any atom is 0.407 e. The molecule has 2 aliphatic rings. The van der Waals surface area contributed by atoms with E-state index in [2.05, 4.69) is 51.7 Å². The first-order valence-corrected chi connectivity index (χ1v) is 10.6. The molecule has 0 spiro atoms. The van der Waals surface area contributed by atoms with E-state index in [1.165, 1.54) is 4.90 Å². The van der Waals surface area contributed by atoms with Crippen molar-refractivity contribution >= 4 is 34.6 Å². The van der Waals surface area contributed by atoms with Gasteiger partial charge in [-0.25, -0.2) is 4.79 Å². The maximum atomic E-state index is 12.3. The zero-order chi connectivity index (χ0) is 20.8. The fraction of sp³-hybridized carbons (Fsp3) is 0.450. The van der Waals surface area contributed by atoms with E-state index in [1.807, 2.05) is 6.07 Å². The Kier molecular flexibility index (Phi) is 5.18. The van der Waals surface area contributed by atoms with Gasteiger partial charge in [0.1, 0.15) is 12.4 Å². The number of halogens is 1. The first kappa shape index (κ1) is 20.0. The third-order valence-electron chi connectivity index (χ3n) is 5.46. The third-order valence-corrected chi connectivity index (χ3v) is 6.54. The molecule has 154 valence electrons. The van der Waals surface area contributed by atoms with Crippen molar-refractivity contribution < 1.29 is 19.4 Å². The van der Waals surface area contributed by atoms with Crippen LogP contribution in [0.4, 0.5) is 4.79 Å². The van der Waals surface area contributed by atoms with Crippen LogP contribution in [0.15, 0.2) is 18.5 Å². The van der Waals surface area contributed by atoms with E-state index < -0.39 is 6.09 Å². The summed E-state index contributed by atoms with van der Waals surface area (Å²) >= 11 is 2.18. The number of rotatable bonds is 4. The molecule has 1 fully saturated rings. The van der Waals surface area contributed by atoms with E-state index in [-0.39, 0.29) is 24.0 Å². The number of carbonyl (C=O) groups is 2. The van der Waals surface area contributed by atoms with Gasteiger partial charge in [0.25, 0.3) is 5.91 Å². The molecule has 2 aliphatic heterocycles. The number of hydrogen-bond donors (Lipinski definition) is 3. The summed E-state index contributed by atoms with van der Waals surface area (Å²) in [5, 5.41) is 12.4. The highest BCUT2D eigenvalue weighted by Crippen LogP contribution is 2.37. The molecule has 0 aliphatic carbocycles. The summed E-state index contributed by atoms with van der Waals surface area (Å²) in [5.41, 5.74) is 3.16. The quantitative estimate of drug-likeness (QED) is 0.548. The number of aromatic nitrogens is 2. The summed E-state index contributed by atoms with van der Waals surface area (Å²) < 4.78 is 6.92. The van der Waals surface area contributed by atoms with Gasteiger partial charge in [0.15, 0.2) is 0 Å². The molecule has 0 aromatic carbocycles.